The Morgan fingerprint density at radius 1 is 0.700 bits per heavy atom. The van der Waals surface area contributed by atoms with E-state index in [0.717, 1.165) is 23.8 Å². The van der Waals surface area contributed by atoms with Crippen molar-refractivity contribution in [2.75, 3.05) is 24.3 Å². The van der Waals surface area contributed by atoms with Crippen LogP contribution < -0.4 is 22.5 Å². The molecule has 1 amide bonds. The molecule has 8 N–H and O–H groups in total. The van der Waals surface area contributed by atoms with Crippen LogP contribution in [0.4, 0.5) is 21.9 Å². The molecule has 0 bridgehead atoms. The van der Waals surface area contributed by atoms with Crippen LogP contribution in [-0.2, 0) is 30.8 Å². The summed E-state index contributed by atoms with van der Waals surface area (Å²) in [5.74, 6) is 0.599. The van der Waals surface area contributed by atoms with Gasteiger partial charge in [-0.1, -0.05) is 106 Å². The van der Waals surface area contributed by atoms with Crippen molar-refractivity contribution in [3.8, 4) is 39.8 Å². The molecule has 308 valence electrons. The van der Waals surface area contributed by atoms with Crippen molar-refractivity contribution in [2.45, 2.75) is 47.8 Å². The number of carbonyl (C=O) groups is 1. The Labute approximate surface area is 369 Å². The van der Waals surface area contributed by atoms with Crippen molar-refractivity contribution in [2.24, 2.45) is 0 Å². The summed E-state index contributed by atoms with van der Waals surface area (Å²) in [5.41, 5.74) is 23.0. The van der Waals surface area contributed by atoms with Gasteiger partial charge in [0, 0.05) is 23.8 Å². The van der Waals surface area contributed by atoms with E-state index in [9.17, 15) is 4.79 Å². The molecule has 0 radical (unpaired) electrons. The molecule has 3 aromatic carbocycles. The summed E-state index contributed by atoms with van der Waals surface area (Å²) < 4.78 is 5.17. The maximum atomic E-state index is 11.6. The number of aromatic nitrogens is 6. The van der Waals surface area contributed by atoms with Gasteiger partial charge in [-0.05, 0) is 32.4 Å². The molecule has 60 heavy (non-hydrogen) atoms. The second-order valence-electron chi connectivity index (χ2n) is 11.6. The van der Waals surface area contributed by atoms with E-state index < -0.39 is 11.7 Å². The molecule has 0 aliphatic rings. The van der Waals surface area contributed by atoms with E-state index in [4.69, 9.17) is 67.6 Å². The third-order valence-corrected chi connectivity index (χ3v) is 6.69. The number of carbonyl (C=O) groups excluding carboxylic acids is 1. The maximum absolute atomic E-state index is 11.6. The summed E-state index contributed by atoms with van der Waals surface area (Å²) >= 11 is 5.69. The molecule has 0 spiro atoms. The molecule has 3 heterocycles. The molecular weight excluding hydrogens is 835 g/mol. The number of halogens is 1. The molecule has 0 aliphatic carbocycles. The van der Waals surface area contributed by atoms with Gasteiger partial charge in [-0.25, -0.2) is 34.7 Å². The molecule has 0 unspecified atom stereocenters. The number of aliphatic hydroxyl groups excluding tert-OH is 1. The smallest absolute Gasteiger partial charge is 0.512 e. The number of nitrogens with zero attached hydrogens (tertiary/aromatic N) is 9. The number of nitrogens with two attached hydrogens (primary N) is 3. The Morgan fingerprint density at radius 3 is 1.47 bits per heavy atom. The third-order valence-electron chi connectivity index (χ3n) is 6.50. The summed E-state index contributed by atoms with van der Waals surface area (Å²) in [6.07, 6.45) is 4.00. The van der Waals surface area contributed by atoms with Crippen molar-refractivity contribution in [1.82, 2.24) is 35.2 Å². The number of rotatable bonds is 5. The first-order valence-electron chi connectivity index (χ1n) is 16.4. The number of hydrogen-bond acceptors (Lipinski definition) is 15. The minimum Gasteiger partial charge on any atom is -0.512 e. The summed E-state index contributed by atoms with van der Waals surface area (Å²) in [7, 11) is 1.00. The van der Waals surface area contributed by atoms with Gasteiger partial charge in [-0.3, -0.25) is 0 Å². The minimum atomic E-state index is -0.540. The molecule has 0 aliphatic heterocycles. The van der Waals surface area contributed by atoms with Gasteiger partial charge in [0.25, 0.3) is 0 Å². The van der Waals surface area contributed by atoms with Gasteiger partial charge in [0.2, 0.25) is 11.1 Å². The van der Waals surface area contributed by atoms with E-state index in [1.165, 1.54) is 12.4 Å². The fourth-order valence-electron chi connectivity index (χ4n) is 4.27. The topological polar surface area (TPSA) is 285 Å². The molecule has 18 heteroatoms. The van der Waals surface area contributed by atoms with Gasteiger partial charge in [0.1, 0.15) is 17.5 Å². The zero-order valence-corrected chi connectivity index (χ0v) is 35.9. The van der Waals surface area contributed by atoms with Crippen molar-refractivity contribution in [1.29, 1.82) is 15.8 Å². The molecule has 16 nitrogen and oxygen atoms in total. The SMILES string of the molecule is C.C.CC(C)(C)OC(=O)NCc1ncc(N)c(-c2ccccc2)n1.CO.N#Cc1ncc(N)c(-c2ccccc2)n1.Nc1cnc(Cl)nc1-c1ccccc1.[C-]#N.[C-]#N.[Zn+2]. The number of aliphatic hydroxyl groups is 1. The number of ether oxygens (including phenoxy) is 1. The quantitative estimate of drug-likeness (QED) is 0.0627. The second kappa shape index (κ2) is 31.0. The zero-order chi connectivity index (χ0) is 42.8. The predicted molar refractivity (Wildman–Crippen MR) is 230 cm³/mol. The van der Waals surface area contributed by atoms with Crippen LogP contribution in [0.2, 0.25) is 5.28 Å². The monoisotopic (exact) mass is 881 g/mol. The standard InChI is InChI=1S/C16H20N4O2.C11H8N4.C10H8ClN3.2CN.CH4O.2CH4.Zn/c1-16(2,3)22-15(21)19-10-13-18-9-12(17)14(20-13)11-7-5-4-6-8-11;12-6-10-14-7-9(13)11(15-10)8-4-2-1-3-5-8;11-10-13-6-8(12)9(14-10)7-4-2-1-3-5-7;3*1-2;;;/h4-9H,10,17H2,1-3H3,(H,19,21);1-5,7H,13H2;1-6H,12H2;;;2H,1H3;2*1H4;/q;;;2*-1;;;;+2. The van der Waals surface area contributed by atoms with Crippen LogP contribution in [0, 0.1) is 35.0 Å². The van der Waals surface area contributed by atoms with Gasteiger partial charge >= 0.3 is 25.6 Å². The maximum Gasteiger partial charge on any atom is 2.00 e. The predicted octanol–water partition coefficient (Wildman–Crippen LogP) is 7.80. The summed E-state index contributed by atoms with van der Waals surface area (Å²) in [4.78, 5) is 35.9. The van der Waals surface area contributed by atoms with E-state index in [2.05, 4.69) is 35.2 Å². The van der Waals surface area contributed by atoms with Crippen LogP contribution in [0.15, 0.2) is 110 Å². The first-order chi connectivity index (χ1) is 27.4. The largest absolute Gasteiger partial charge is 2.00 e. The Balaban J connectivity index is -0.000000763. The van der Waals surface area contributed by atoms with E-state index >= 15 is 0 Å². The Bertz CT molecular complexity index is 2200. The fraction of sp³-hybridized carbons (Fsp3) is 0.190. The Morgan fingerprint density at radius 2 is 1.07 bits per heavy atom. The van der Waals surface area contributed by atoms with Crippen LogP contribution in [0.1, 0.15) is 47.3 Å². The minimum absolute atomic E-state index is 0. The molecule has 0 atom stereocenters. The van der Waals surface area contributed by atoms with Crippen molar-refractivity contribution in [3.63, 3.8) is 0 Å². The van der Waals surface area contributed by atoms with Gasteiger partial charge < -0.3 is 56.0 Å². The molecule has 3 aromatic heterocycles. The van der Waals surface area contributed by atoms with E-state index in [0.29, 0.717) is 40.0 Å². The van der Waals surface area contributed by atoms with Crippen LogP contribution in [0.5, 0.6) is 0 Å². The van der Waals surface area contributed by atoms with E-state index in [1.807, 2.05) is 97.1 Å². The summed E-state index contributed by atoms with van der Waals surface area (Å²) in [6, 6.07) is 30.6. The number of benzene rings is 3. The van der Waals surface area contributed by atoms with Gasteiger partial charge in [-0.2, -0.15) is 5.26 Å². The summed E-state index contributed by atoms with van der Waals surface area (Å²) in [6.45, 7) is 15.1. The van der Waals surface area contributed by atoms with Crippen molar-refractivity contribution < 1.29 is 34.1 Å². The van der Waals surface area contributed by atoms with Crippen LogP contribution in [-0.4, -0.2) is 53.8 Å². The average Bonchev–Trinajstić information content (AvgIpc) is 3.24. The molecule has 6 aromatic rings. The number of alkyl carbamates (subject to hydrolysis) is 1. The first kappa shape index (κ1) is 57.2. The molecule has 0 saturated carbocycles. The van der Waals surface area contributed by atoms with Crippen molar-refractivity contribution in [3.05, 3.63) is 140 Å². The van der Waals surface area contributed by atoms with E-state index in [1.54, 1.807) is 27.0 Å². The second-order valence-corrected chi connectivity index (χ2v) is 11.9. The molecule has 0 saturated heterocycles. The number of nitrogen functional groups attached to an aromatic ring is 3. The van der Waals surface area contributed by atoms with Gasteiger partial charge in [0.15, 0.2) is 0 Å². The Hall–Kier alpha value is -7.09. The molecule has 0 fully saturated rings. The van der Waals surface area contributed by atoms with Gasteiger partial charge in [0.05, 0.1) is 59.3 Å². The number of nitriles is 1. The van der Waals surface area contributed by atoms with Crippen LogP contribution >= 0.6 is 11.6 Å². The molecular formula is C42H48ClN13O3Zn. The Kier molecular flexibility index (Phi) is 29.5. The van der Waals surface area contributed by atoms with Gasteiger partial charge in [-0.15, -0.1) is 0 Å². The third kappa shape index (κ3) is 19.9. The van der Waals surface area contributed by atoms with E-state index in [-0.39, 0.29) is 52.0 Å². The average molecular weight is 884 g/mol. The number of hydrogen-bond donors (Lipinski definition) is 5. The first-order valence-corrected chi connectivity index (χ1v) is 16.8. The summed E-state index contributed by atoms with van der Waals surface area (Å²) in [5, 5.41) is 31.0. The fourth-order valence-corrected chi connectivity index (χ4v) is 4.41. The van der Waals surface area contributed by atoms with Crippen LogP contribution in [0.25, 0.3) is 33.8 Å². The number of amides is 1. The normalized spacial score (nSPS) is 8.95. The number of anilines is 3. The number of nitrogens with one attached hydrogen (secondary N) is 1. The molecule has 6 rings (SSSR count). The van der Waals surface area contributed by atoms with Crippen molar-refractivity contribution >= 4 is 34.8 Å². The zero-order valence-electron chi connectivity index (χ0n) is 32.2. The van der Waals surface area contributed by atoms with Crippen LogP contribution in [0.3, 0.4) is 0 Å².